The van der Waals surface area contributed by atoms with Crippen molar-refractivity contribution < 1.29 is 22.3 Å². The number of alkyl halides is 4. The van der Waals surface area contributed by atoms with Crippen molar-refractivity contribution in [3.63, 3.8) is 0 Å². The minimum atomic E-state index is -2.94. The van der Waals surface area contributed by atoms with Crippen molar-refractivity contribution in [2.45, 2.75) is 79.4 Å². The first-order valence-corrected chi connectivity index (χ1v) is 10.8. The summed E-state index contributed by atoms with van der Waals surface area (Å²) in [5, 5.41) is 4.32. The van der Waals surface area contributed by atoms with Crippen molar-refractivity contribution in [3.05, 3.63) is 24.5 Å². The zero-order valence-corrected chi connectivity index (χ0v) is 19.1. The fourth-order valence-electron chi connectivity index (χ4n) is 3.23. The summed E-state index contributed by atoms with van der Waals surface area (Å²) in [6, 6.07) is 3.40. The van der Waals surface area contributed by atoms with E-state index in [0.29, 0.717) is 23.1 Å². The van der Waals surface area contributed by atoms with Crippen LogP contribution in [0.2, 0.25) is 0 Å². The predicted octanol–water partition coefficient (Wildman–Crippen LogP) is 6.81. The molecule has 176 valence electrons. The lowest BCUT2D eigenvalue weighted by molar-refractivity contribution is -0.0494. The third kappa shape index (κ3) is 8.03. The van der Waals surface area contributed by atoms with Crippen molar-refractivity contribution in [2.24, 2.45) is 11.8 Å². The van der Waals surface area contributed by atoms with Crippen LogP contribution in [0.5, 0.6) is 5.75 Å². The Morgan fingerprint density at radius 2 is 1.71 bits per heavy atom. The molecular weight excluding hydrogens is 412 g/mol. The van der Waals surface area contributed by atoms with Gasteiger partial charge in [0.1, 0.15) is 0 Å². The Morgan fingerprint density at radius 3 is 2.13 bits per heavy atom. The first kappa shape index (κ1) is 26.7. The van der Waals surface area contributed by atoms with E-state index < -0.39 is 12.5 Å². The number of fused-ring (bicyclic) bond motifs is 1. The number of hydrogen-bond acceptors (Lipinski definition) is 4. The van der Waals surface area contributed by atoms with Gasteiger partial charge in [-0.2, -0.15) is 13.9 Å². The summed E-state index contributed by atoms with van der Waals surface area (Å²) in [7, 11) is 0. The SMILES string of the molecule is CC.CC.CC(C)n1ccc(-c2cnc(N)c(OC(F)F)c2)n1.FC1(F)CC2CC2C1. The molecule has 2 heterocycles. The highest BCUT2D eigenvalue weighted by molar-refractivity contribution is 5.63. The standard InChI is InChI=1S/C12H14F2N4O.C6H8F2.2C2H6/c1-7(2)18-4-3-9(17-18)8-5-10(19-12(13)14)11(15)16-6-8;7-6(8)2-4-1-5(4)3-6;2*1-2/h3-7,12H,1-2H3,(H2,15,16);4-5H,1-3H2;2*1-2H3. The van der Waals surface area contributed by atoms with Gasteiger partial charge in [0, 0.05) is 36.8 Å². The minimum Gasteiger partial charge on any atom is -0.431 e. The second-order valence-electron chi connectivity index (χ2n) is 7.28. The maximum Gasteiger partial charge on any atom is 0.387 e. The fraction of sp³-hybridized carbons (Fsp3) is 0.636. The highest BCUT2D eigenvalue weighted by Gasteiger charge is 2.55. The molecule has 0 spiro atoms. The van der Waals surface area contributed by atoms with E-state index in [4.69, 9.17) is 5.73 Å². The summed E-state index contributed by atoms with van der Waals surface area (Å²) in [5.41, 5.74) is 6.67. The smallest absolute Gasteiger partial charge is 0.387 e. The normalized spacial score (nSPS) is 19.9. The van der Waals surface area contributed by atoms with Gasteiger partial charge >= 0.3 is 6.61 Å². The van der Waals surface area contributed by atoms with Gasteiger partial charge in [-0.1, -0.05) is 27.7 Å². The summed E-state index contributed by atoms with van der Waals surface area (Å²) >= 11 is 0. The molecule has 2 N–H and O–H groups in total. The second-order valence-corrected chi connectivity index (χ2v) is 7.28. The van der Waals surface area contributed by atoms with Gasteiger partial charge in [0.2, 0.25) is 5.92 Å². The van der Waals surface area contributed by atoms with E-state index in [-0.39, 0.29) is 30.5 Å². The maximum atomic E-state index is 12.2. The number of hydrogen-bond donors (Lipinski definition) is 1. The lowest BCUT2D eigenvalue weighted by Crippen LogP contribution is -2.11. The Morgan fingerprint density at radius 1 is 1.13 bits per heavy atom. The third-order valence-electron chi connectivity index (χ3n) is 4.72. The van der Waals surface area contributed by atoms with Crippen LogP contribution in [0.3, 0.4) is 0 Å². The van der Waals surface area contributed by atoms with Crippen LogP contribution >= 0.6 is 0 Å². The molecule has 31 heavy (non-hydrogen) atoms. The van der Waals surface area contributed by atoms with Gasteiger partial charge in [0.05, 0.1) is 5.69 Å². The van der Waals surface area contributed by atoms with Crippen LogP contribution in [0, 0.1) is 11.8 Å². The fourth-order valence-corrected chi connectivity index (χ4v) is 3.23. The Kier molecular flexibility index (Phi) is 10.3. The second kappa shape index (κ2) is 11.9. The Hall–Kier alpha value is -2.32. The summed E-state index contributed by atoms with van der Waals surface area (Å²) < 4.78 is 55.0. The van der Waals surface area contributed by atoms with Crippen LogP contribution in [0.4, 0.5) is 23.4 Å². The topological polar surface area (TPSA) is 66.0 Å². The molecule has 0 aromatic carbocycles. The number of aromatic nitrogens is 3. The van der Waals surface area contributed by atoms with Gasteiger partial charge in [-0.05, 0) is 44.2 Å². The van der Waals surface area contributed by atoms with Crippen LogP contribution < -0.4 is 10.5 Å². The number of rotatable bonds is 4. The van der Waals surface area contributed by atoms with Crippen LogP contribution in [-0.2, 0) is 0 Å². The molecule has 9 heteroatoms. The predicted molar refractivity (Wildman–Crippen MR) is 115 cm³/mol. The Labute approximate surface area is 182 Å². The summed E-state index contributed by atoms with van der Waals surface area (Å²) in [6.07, 6.45) is 4.72. The van der Waals surface area contributed by atoms with Crippen molar-refractivity contribution in [1.29, 1.82) is 0 Å². The average molecular weight is 447 g/mol. The summed E-state index contributed by atoms with van der Waals surface area (Å²) in [4.78, 5) is 3.83. The summed E-state index contributed by atoms with van der Waals surface area (Å²) in [6.45, 7) is 9.04. The molecule has 2 aromatic rings. The average Bonchev–Trinajstić information content (AvgIpc) is 3.12. The molecule has 2 saturated carbocycles. The molecule has 2 aromatic heterocycles. The molecule has 0 amide bonds. The van der Waals surface area contributed by atoms with Crippen molar-refractivity contribution in [3.8, 4) is 17.0 Å². The first-order valence-electron chi connectivity index (χ1n) is 10.8. The van der Waals surface area contributed by atoms with E-state index in [1.54, 1.807) is 10.7 Å². The monoisotopic (exact) mass is 446 g/mol. The molecular formula is C22H34F4N4O. The van der Waals surface area contributed by atoms with E-state index in [0.717, 1.165) is 6.42 Å². The lowest BCUT2D eigenvalue weighted by atomic mass is 10.2. The Bertz CT molecular complexity index is 784. The molecule has 2 atom stereocenters. The highest BCUT2D eigenvalue weighted by atomic mass is 19.3. The lowest BCUT2D eigenvalue weighted by Gasteiger charge is -2.08. The minimum absolute atomic E-state index is 0.0765. The van der Waals surface area contributed by atoms with Gasteiger partial charge in [-0.3, -0.25) is 4.68 Å². The molecule has 0 aliphatic heterocycles. The molecule has 0 radical (unpaired) electrons. The van der Waals surface area contributed by atoms with Gasteiger partial charge < -0.3 is 10.5 Å². The number of nitrogens with two attached hydrogens (primary N) is 1. The molecule has 0 saturated heterocycles. The van der Waals surface area contributed by atoms with Gasteiger partial charge in [-0.25, -0.2) is 13.8 Å². The van der Waals surface area contributed by atoms with Gasteiger partial charge in [0.25, 0.3) is 0 Å². The van der Waals surface area contributed by atoms with E-state index >= 15 is 0 Å². The van der Waals surface area contributed by atoms with Gasteiger partial charge in [0.15, 0.2) is 11.6 Å². The molecule has 2 aliphatic rings. The Balaban J connectivity index is 0.000000330. The quantitative estimate of drug-likeness (QED) is 0.524. The van der Waals surface area contributed by atoms with E-state index in [1.807, 2.05) is 47.7 Å². The number of nitrogens with zero attached hydrogens (tertiary/aromatic N) is 3. The zero-order valence-electron chi connectivity index (χ0n) is 19.1. The van der Waals surface area contributed by atoms with E-state index in [1.165, 1.54) is 12.3 Å². The molecule has 2 unspecified atom stereocenters. The van der Waals surface area contributed by atoms with E-state index in [2.05, 4.69) is 14.8 Å². The van der Waals surface area contributed by atoms with E-state index in [9.17, 15) is 17.6 Å². The molecule has 4 rings (SSSR count). The summed E-state index contributed by atoms with van der Waals surface area (Å²) in [5.74, 6) is -1.69. The van der Waals surface area contributed by atoms with Crippen LogP contribution in [0.25, 0.3) is 11.3 Å². The third-order valence-corrected chi connectivity index (χ3v) is 4.72. The number of ether oxygens (including phenoxy) is 1. The van der Waals surface area contributed by atoms with Crippen molar-refractivity contribution in [1.82, 2.24) is 14.8 Å². The zero-order chi connectivity index (χ0) is 23.8. The molecule has 2 aliphatic carbocycles. The number of halogens is 4. The number of pyridine rings is 1. The number of nitrogen functional groups attached to an aromatic ring is 1. The highest BCUT2D eigenvalue weighted by Crippen LogP contribution is 2.57. The van der Waals surface area contributed by atoms with Crippen molar-refractivity contribution >= 4 is 5.82 Å². The number of anilines is 1. The molecule has 0 bridgehead atoms. The maximum absolute atomic E-state index is 12.2. The molecule has 5 nitrogen and oxygen atoms in total. The van der Waals surface area contributed by atoms with Crippen LogP contribution in [0.15, 0.2) is 24.5 Å². The van der Waals surface area contributed by atoms with Crippen LogP contribution in [0.1, 0.15) is 66.8 Å². The van der Waals surface area contributed by atoms with Gasteiger partial charge in [-0.15, -0.1) is 0 Å². The van der Waals surface area contributed by atoms with Crippen molar-refractivity contribution in [2.75, 3.05) is 5.73 Å². The van der Waals surface area contributed by atoms with Crippen LogP contribution in [-0.4, -0.2) is 27.3 Å². The molecule has 2 fully saturated rings. The largest absolute Gasteiger partial charge is 0.431 e. The first-order chi connectivity index (χ1) is 14.6.